The van der Waals surface area contributed by atoms with Gasteiger partial charge in [-0.15, -0.1) is 0 Å². The molecule has 0 saturated carbocycles. The summed E-state index contributed by atoms with van der Waals surface area (Å²) < 4.78 is 30.5. The molecule has 0 aliphatic heterocycles. The van der Waals surface area contributed by atoms with Gasteiger partial charge in [0.2, 0.25) is 0 Å². The first kappa shape index (κ1) is 9.89. The summed E-state index contributed by atoms with van der Waals surface area (Å²) in [5.41, 5.74) is 0. The van der Waals surface area contributed by atoms with E-state index in [1.165, 1.54) is 0 Å². The largest absolute Gasteiger partial charge is 1.00 e. The molecule has 0 N–H and O–H groups in total. The molecule has 32 valence electrons. The van der Waals surface area contributed by atoms with Gasteiger partial charge in [-0.25, -0.2) is 0 Å². The third kappa shape index (κ3) is 121. The van der Waals surface area contributed by atoms with Crippen molar-refractivity contribution < 1.29 is 31.8 Å². The second kappa shape index (κ2) is 2.84. The fourth-order valence-corrected chi connectivity index (χ4v) is 0. The van der Waals surface area contributed by atoms with Crippen LogP contribution in [-0.4, -0.2) is 6.39 Å². The zero-order valence-electron chi connectivity index (χ0n) is 3.09. The normalized spacial score (nSPS) is 10.0. The Morgan fingerprint density at radius 2 is 1.17 bits per heavy atom. The molecule has 0 nitrogen and oxygen atoms in total. The van der Waals surface area contributed by atoms with Gasteiger partial charge in [-0.1, -0.05) is 0 Å². The fourth-order valence-electron chi connectivity index (χ4n) is 0. The molecule has 0 aromatic carbocycles. The van der Waals surface area contributed by atoms with Crippen molar-refractivity contribution in [3.8, 4) is 0 Å². The molecule has 0 heterocycles. The Balaban J connectivity index is 0. The Morgan fingerprint density at radius 1 is 1.17 bits per heavy atom. The van der Waals surface area contributed by atoms with Gasteiger partial charge in [-0.3, -0.25) is 11.5 Å². The molecule has 0 bridgehead atoms. The quantitative estimate of drug-likeness (QED) is 0.336. The minimum atomic E-state index is -5.03. The van der Waals surface area contributed by atoms with Crippen LogP contribution in [0.2, 0.25) is 0 Å². The first-order valence-electron chi connectivity index (χ1n) is 0.873. The van der Waals surface area contributed by atoms with Crippen molar-refractivity contribution in [2.24, 2.45) is 0 Å². The van der Waals surface area contributed by atoms with E-state index in [-0.39, 0.29) is 18.9 Å². The van der Waals surface area contributed by atoms with Gasteiger partial charge in [0.15, 0.2) is 0 Å². The van der Waals surface area contributed by atoms with E-state index in [1.54, 1.807) is 0 Å². The molecule has 0 aromatic rings. The van der Waals surface area contributed by atoms with Gasteiger partial charge < -0.3 is 12.9 Å². The van der Waals surface area contributed by atoms with Crippen LogP contribution in [0.5, 0.6) is 0 Å². The van der Waals surface area contributed by atoms with Crippen molar-refractivity contribution in [2.45, 2.75) is 0 Å². The van der Waals surface area contributed by atoms with E-state index in [2.05, 4.69) is 11.5 Å². The van der Waals surface area contributed by atoms with Crippen LogP contribution >= 0.6 is 11.5 Å². The van der Waals surface area contributed by atoms with Crippen LogP contribution in [-0.2, 0) is 0 Å². The maximum absolute atomic E-state index is 10.2. The molecule has 0 radical (unpaired) electrons. The summed E-state index contributed by atoms with van der Waals surface area (Å²) in [4.78, 5) is 0. The molecule has 0 fully saturated rings. The molecule has 0 amide bonds. The predicted molar refractivity (Wildman–Crippen MR) is 14.9 cm³/mol. The Kier molecular flexibility index (Phi) is 4.68. The molecular weight excluding hydrogens is 110 g/mol. The molecule has 0 aliphatic carbocycles. The number of halogens is 4. The van der Waals surface area contributed by atoms with Crippen molar-refractivity contribution in [3.05, 3.63) is 0 Å². The molecule has 0 spiro atoms. The second-order valence-electron chi connectivity index (χ2n) is 0.495. The Hall–Kier alpha value is 0.742. The van der Waals surface area contributed by atoms with E-state index in [0.717, 1.165) is 0 Å². The average Bonchev–Trinajstić information content (AvgIpc) is 0.722. The second-order valence-corrected chi connectivity index (χ2v) is 0.990. The van der Waals surface area contributed by atoms with Gasteiger partial charge in [0.25, 0.3) is 0 Å². The Morgan fingerprint density at radius 3 is 1.17 bits per heavy atom. The minimum absolute atomic E-state index is 0. The van der Waals surface area contributed by atoms with E-state index < -0.39 is 6.39 Å². The zero-order chi connectivity index (χ0) is 4.50. The van der Waals surface area contributed by atoms with Crippen molar-refractivity contribution in [1.82, 2.24) is 0 Å². The van der Waals surface area contributed by atoms with Crippen LogP contribution < -0.4 is 18.9 Å². The Bertz CT molecular complexity index is 26.3. The van der Waals surface area contributed by atoms with Gasteiger partial charge in [0, 0.05) is 0 Å². The standard InChI is InChI=1S/BClF3.Li/c2-1(3,4)5;/q-1;+1. The number of hydrogen-bond donors (Lipinski definition) is 0. The summed E-state index contributed by atoms with van der Waals surface area (Å²) in [6.07, 6.45) is -5.03. The summed E-state index contributed by atoms with van der Waals surface area (Å²) in [6, 6.07) is 0. The van der Waals surface area contributed by atoms with Crippen molar-refractivity contribution in [2.75, 3.05) is 0 Å². The van der Waals surface area contributed by atoms with Crippen LogP contribution in [0.1, 0.15) is 0 Å². The van der Waals surface area contributed by atoms with E-state index in [0.29, 0.717) is 0 Å². The SMILES string of the molecule is F[B-](F)(F)Cl.[Li+]. The topological polar surface area (TPSA) is 0 Å². The van der Waals surface area contributed by atoms with Gasteiger partial charge in [-0.2, -0.15) is 0 Å². The van der Waals surface area contributed by atoms with E-state index in [4.69, 9.17) is 0 Å². The van der Waals surface area contributed by atoms with Gasteiger partial charge >= 0.3 is 25.3 Å². The third-order valence-electron chi connectivity index (χ3n) is 0. The maximum Gasteiger partial charge on any atom is 1.00 e. The van der Waals surface area contributed by atoms with Crippen molar-refractivity contribution in [3.63, 3.8) is 0 Å². The molecule has 0 saturated heterocycles. The van der Waals surface area contributed by atoms with Gasteiger partial charge in [0.1, 0.15) is 0 Å². The molecule has 0 atom stereocenters. The summed E-state index contributed by atoms with van der Waals surface area (Å²) in [6.45, 7) is 0. The van der Waals surface area contributed by atoms with Crippen LogP contribution in [0.25, 0.3) is 0 Å². The monoisotopic (exact) mass is 110 g/mol. The first-order chi connectivity index (χ1) is 2.00. The molecule has 0 rings (SSSR count). The van der Waals surface area contributed by atoms with Crippen molar-refractivity contribution in [1.29, 1.82) is 0 Å². The molecule has 6 heteroatoms. The number of rotatable bonds is 0. The molecule has 6 heavy (non-hydrogen) atoms. The summed E-state index contributed by atoms with van der Waals surface area (Å²) >= 11 is 3.59. The average molecular weight is 110 g/mol. The van der Waals surface area contributed by atoms with E-state index >= 15 is 0 Å². The van der Waals surface area contributed by atoms with Gasteiger partial charge in [0.05, 0.1) is 0 Å². The van der Waals surface area contributed by atoms with Gasteiger partial charge in [-0.05, 0) is 0 Å². The minimum Gasteiger partial charge on any atom is -0.435 e. The maximum atomic E-state index is 10.2. The smallest absolute Gasteiger partial charge is 0.435 e. The van der Waals surface area contributed by atoms with Crippen molar-refractivity contribution >= 4 is 17.9 Å². The molecule has 0 aliphatic rings. The Labute approximate surface area is 50.2 Å². The molecular formula is BClF3Li. The van der Waals surface area contributed by atoms with Crippen LogP contribution in [0.4, 0.5) is 12.9 Å². The summed E-state index contributed by atoms with van der Waals surface area (Å²) in [5, 5.41) is 0. The summed E-state index contributed by atoms with van der Waals surface area (Å²) in [5.74, 6) is 0. The van der Waals surface area contributed by atoms with E-state index in [1.807, 2.05) is 0 Å². The van der Waals surface area contributed by atoms with Crippen LogP contribution in [0.15, 0.2) is 0 Å². The molecule has 0 unspecified atom stereocenters. The van der Waals surface area contributed by atoms with Crippen LogP contribution in [0, 0.1) is 0 Å². The molecule has 0 aromatic heterocycles. The number of hydrogen-bond acceptors (Lipinski definition) is 0. The predicted octanol–water partition coefficient (Wildman–Crippen LogP) is -1.43. The van der Waals surface area contributed by atoms with Crippen LogP contribution in [0.3, 0.4) is 0 Å². The summed E-state index contributed by atoms with van der Waals surface area (Å²) in [7, 11) is 0. The van der Waals surface area contributed by atoms with E-state index in [9.17, 15) is 12.9 Å². The fraction of sp³-hybridized carbons (Fsp3) is 0. The first-order valence-corrected chi connectivity index (χ1v) is 1.31. The zero-order valence-corrected chi connectivity index (χ0v) is 3.85. The third-order valence-corrected chi connectivity index (χ3v) is 0.